The van der Waals surface area contributed by atoms with Crippen LogP contribution in [0, 0.1) is 17.8 Å². The molecule has 1 amide bonds. The minimum Gasteiger partial charge on any atom is -0.441 e. The molecule has 3 rings (SSSR count). The summed E-state index contributed by atoms with van der Waals surface area (Å²) in [6, 6.07) is 4.53. The Morgan fingerprint density at radius 1 is 1.43 bits per heavy atom. The summed E-state index contributed by atoms with van der Waals surface area (Å²) in [5.74, 6) is -0.468. The number of carbonyl (C=O) groups excluding carboxylic acids is 1. The SMILES string of the molecule is [C-]#[N+]C=C1CCN(c2ccc(N3C[C@H](COS(C)(=O)=O)OC3=O)cc2F)CC1(C)C. The van der Waals surface area contributed by atoms with Gasteiger partial charge in [-0.1, -0.05) is 19.4 Å². The lowest BCUT2D eigenvalue weighted by Gasteiger charge is -2.41. The van der Waals surface area contributed by atoms with E-state index in [1.807, 2.05) is 18.7 Å². The van der Waals surface area contributed by atoms with Crippen molar-refractivity contribution in [1.82, 2.24) is 0 Å². The van der Waals surface area contributed by atoms with Crippen LogP contribution < -0.4 is 9.80 Å². The molecule has 0 aliphatic carbocycles. The predicted molar refractivity (Wildman–Crippen MR) is 110 cm³/mol. The summed E-state index contributed by atoms with van der Waals surface area (Å²) < 4.78 is 46.9. The van der Waals surface area contributed by atoms with Crippen LogP contribution in [0.5, 0.6) is 0 Å². The van der Waals surface area contributed by atoms with Gasteiger partial charge < -0.3 is 9.64 Å². The fourth-order valence-corrected chi connectivity index (χ4v) is 4.11. The number of hydrogen-bond acceptors (Lipinski definition) is 6. The van der Waals surface area contributed by atoms with E-state index in [9.17, 15) is 17.6 Å². The number of carbonyl (C=O) groups is 1. The monoisotopic (exact) mass is 437 g/mol. The molecule has 10 heteroatoms. The second-order valence-electron chi connectivity index (χ2n) is 8.08. The summed E-state index contributed by atoms with van der Waals surface area (Å²) in [5.41, 5.74) is 1.55. The average molecular weight is 437 g/mol. The van der Waals surface area contributed by atoms with E-state index in [0.29, 0.717) is 30.9 Å². The van der Waals surface area contributed by atoms with E-state index in [2.05, 4.69) is 9.03 Å². The highest BCUT2D eigenvalue weighted by atomic mass is 32.2. The van der Waals surface area contributed by atoms with Gasteiger partial charge in [-0.05, 0) is 30.0 Å². The molecule has 0 bridgehead atoms. The average Bonchev–Trinajstić information content (AvgIpc) is 3.02. The van der Waals surface area contributed by atoms with Crippen molar-refractivity contribution >= 4 is 27.6 Å². The van der Waals surface area contributed by atoms with Crippen LogP contribution in [-0.2, 0) is 19.0 Å². The lowest BCUT2D eigenvalue weighted by molar-refractivity contribution is 0.107. The first kappa shape index (κ1) is 22.1. The molecule has 0 saturated carbocycles. The van der Waals surface area contributed by atoms with Crippen LogP contribution in [0.1, 0.15) is 20.3 Å². The Morgan fingerprint density at radius 2 is 2.17 bits per heavy atom. The molecule has 0 unspecified atom stereocenters. The molecule has 2 heterocycles. The maximum absolute atomic E-state index is 14.9. The molecule has 0 radical (unpaired) electrons. The number of benzene rings is 1. The van der Waals surface area contributed by atoms with Gasteiger partial charge in [0.2, 0.25) is 0 Å². The third-order valence-electron chi connectivity index (χ3n) is 5.25. The quantitative estimate of drug-likeness (QED) is 0.520. The van der Waals surface area contributed by atoms with E-state index in [1.54, 1.807) is 18.3 Å². The van der Waals surface area contributed by atoms with Crippen LogP contribution in [0.4, 0.5) is 20.6 Å². The normalized spacial score (nSPS) is 22.8. The third kappa shape index (κ3) is 4.91. The first-order chi connectivity index (χ1) is 14.0. The number of rotatable bonds is 5. The second-order valence-corrected chi connectivity index (χ2v) is 9.72. The molecule has 162 valence electrons. The maximum Gasteiger partial charge on any atom is 0.414 e. The maximum atomic E-state index is 14.9. The zero-order chi connectivity index (χ0) is 22.1. The molecule has 30 heavy (non-hydrogen) atoms. The summed E-state index contributed by atoms with van der Waals surface area (Å²) in [7, 11) is -3.65. The Balaban J connectivity index is 1.72. The Bertz CT molecular complexity index is 1020. The largest absolute Gasteiger partial charge is 0.441 e. The standard InChI is InChI=1S/C20H24FN3O5S/c1-20(2)13-23(8-7-14(20)10-22-3)18-6-5-15(9-17(18)21)24-11-16(29-19(24)25)12-28-30(4,26)27/h5-6,9-10,16H,7-8,11-13H2,1-2,4H3/t16-/m1/s1. The zero-order valence-electron chi connectivity index (χ0n) is 17.1. The van der Waals surface area contributed by atoms with Crippen LogP contribution in [0.15, 0.2) is 30.0 Å². The van der Waals surface area contributed by atoms with Crippen molar-refractivity contribution < 1.29 is 26.5 Å². The van der Waals surface area contributed by atoms with Gasteiger partial charge in [-0.2, -0.15) is 8.42 Å². The highest BCUT2D eigenvalue weighted by molar-refractivity contribution is 7.85. The lowest BCUT2D eigenvalue weighted by atomic mass is 9.79. The molecular weight excluding hydrogens is 413 g/mol. The molecule has 0 spiro atoms. The lowest BCUT2D eigenvalue weighted by Crippen LogP contribution is -2.42. The van der Waals surface area contributed by atoms with Gasteiger partial charge in [-0.25, -0.2) is 14.0 Å². The molecule has 2 fully saturated rings. The molecular formula is C20H24FN3O5S. The van der Waals surface area contributed by atoms with Gasteiger partial charge in [0.15, 0.2) is 6.20 Å². The van der Waals surface area contributed by atoms with Gasteiger partial charge in [0.1, 0.15) is 18.5 Å². The zero-order valence-corrected chi connectivity index (χ0v) is 17.9. The molecule has 1 atom stereocenters. The fraction of sp³-hybridized carbons (Fsp3) is 0.500. The van der Waals surface area contributed by atoms with Crippen LogP contribution >= 0.6 is 0 Å². The Kier molecular flexibility index (Phi) is 6.06. The number of hydrogen-bond donors (Lipinski definition) is 0. The summed E-state index contributed by atoms with van der Waals surface area (Å²) >= 11 is 0. The van der Waals surface area contributed by atoms with Gasteiger partial charge in [0.05, 0.1) is 30.7 Å². The number of anilines is 2. The van der Waals surface area contributed by atoms with Crippen LogP contribution in [0.25, 0.3) is 4.85 Å². The number of halogens is 1. The van der Waals surface area contributed by atoms with Crippen LogP contribution in [-0.4, -0.2) is 53.1 Å². The van der Waals surface area contributed by atoms with Crippen LogP contribution in [0.3, 0.4) is 0 Å². The minimum absolute atomic E-state index is 0.0642. The fourth-order valence-electron chi connectivity index (χ4n) is 3.71. The molecule has 8 nitrogen and oxygen atoms in total. The van der Waals surface area contributed by atoms with Crippen molar-refractivity contribution in [2.75, 3.05) is 42.3 Å². The predicted octanol–water partition coefficient (Wildman–Crippen LogP) is 3.17. The van der Waals surface area contributed by atoms with Crippen molar-refractivity contribution in [3.63, 3.8) is 0 Å². The second kappa shape index (κ2) is 8.24. The molecule has 1 aromatic carbocycles. The van der Waals surface area contributed by atoms with E-state index in [4.69, 9.17) is 11.3 Å². The van der Waals surface area contributed by atoms with Crippen molar-refractivity contribution in [3.05, 3.63) is 47.2 Å². The molecule has 2 aliphatic heterocycles. The van der Waals surface area contributed by atoms with Crippen molar-refractivity contribution in [1.29, 1.82) is 0 Å². The van der Waals surface area contributed by atoms with E-state index >= 15 is 0 Å². The summed E-state index contributed by atoms with van der Waals surface area (Å²) in [6.07, 6.45) is 1.71. The molecule has 2 saturated heterocycles. The molecule has 0 aromatic heterocycles. The van der Waals surface area contributed by atoms with Crippen molar-refractivity contribution in [2.45, 2.75) is 26.4 Å². The third-order valence-corrected chi connectivity index (χ3v) is 5.82. The highest BCUT2D eigenvalue weighted by Gasteiger charge is 2.35. The number of cyclic esters (lactones) is 1. The van der Waals surface area contributed by atoms with Crippen LogP contribution in [0.2, 0.25) is 0 Å². The van der Waals surface area contributed by atoms with E-state index in [-0.39, 0.29) is 18.6 Å². The topological polar surface area (TPSA) is 80.5 Å². The van der Waals surface area contributed by atoms with Gasteiger partial charge in [-0.3, -0.25) is 9.08 Å². The van der Waals surface area contributed by atoms with Crippen molar-refractivity contribution in [2.24, 2.45) is 5.41 Å². The summed E-state index contributed by atoms with van der Waals surface area (Å²) in [4.78, 5) is 18.7. The minimum atomic E-state index is -3.65. The Hall–Kier alpha value is -2.64. The molecule has 1 aromatic rings. The van der Waals surface area contributed by atoms with Crippen molar-refractivity contribution in [3.8, 4) is 0 Å². The van der Waals surface area contributed by atoms with E-state index in [1.165, 1.54) is 11.0 Å². The van der Waals surface area contributed by atoms with Gasteiger partial charge >= 0.3 is 6.09 Å². The number of piperidine rings is 1. The van der Waals surface area contributed by atoms with Gasteiger partial charge in [0, 0.05) is 13.1 Å². The summed E-state index contributed by atoms with van der Waals surface area (Å²) in [6.45, 7) is 12.1. The number of nitrogens with zero attached hydrogens (tertiary/aromatic N) is 3. The number of ether oxygens (including phenoxy) is 1. The highest BCUT2D eigenvalue weighted by Crippen LogP contribution is 2.38. The van der Waals surface area contributed by atoms with E-state index in [0.717, 1.165) is 11.8 Å². The van der Waals surface area contributed by atoms with Gasteiger partial charge in [-0.15, -0.1) is 0 Å². The van der Waals surface area contributed by atoms with E-state index < -0.39 is 28.1 Å². The first-order valence-electron chi connectivity index (χ1n) is 9.43. The Morgan fingerprint density at radius 3 is 2.77 bits per heavy atom. The first-order valence-corrected chi connectivity index (χ1v) is 11.2. The molecule has 0 N–H and O–H groups in total. The van der Waals surface area contributed by atoms with Gasteiger partial charge in [0.25, 0.3) is 10.1 Å². The summed E-state index contributed by atoms with van der Waals surface area (Å²) in [5, 5.41) is 0. The Labute approximate surface area is 175 Å². The molecule has 2 aliphatic rings. The number of amides is 1. The smallest absolute Gasteiger partial charge is 0.414 e.